The van der Waals surface area contributed by atoms with Gasteiger partial charge in [-0.3, -0.25) is 4.79 Å². The molecule has 3 fully saturated rings. The largest absolute Gasteiger partial charge is 0.493 e. The van der Waals surface area contributed by atoms with Crippen LogP contribution in [0.25, 0.3) is 0 Å². The lowest BCUT2D eigenvalue weighted by atomic mass is 9.98. The highest BCUT2D eigenvalue weighted by atomic mass is 35.5. The van der Waals surface area contributed by atoms with Gasteiger partial charge in [-0.05, 0) is 0 Å². The normalized spacial score (nSPS) is 24.8. The third-order valence-corrected chi connectivity index (χ3v) is 6.88. The number of methoxy groups -OCH3 is 2. The van der Waals surface area contributed by atoms with Crippen LogP contribution >= 0.6 is 50.2 Å². The van der Waals surface area contributed by atoms with Gasteiger partial charge >= 0.3 is 0 Å². The lowest BCUT2D eigenvalue weighted by Crippen LogP contribution is -2.33. The molecule has 0 bridgehead atoms. The summed E-state index contributed by atoms with van der Waals surface area (Å²) < 4.78 is 32.7. The summed E-state index contributed by atoms with van der Waals surface area (Å²) in [6.07, 6.45) is 1.49. The molecule has 9 nitrogen and oxygen atoms in total. The van der Waals surface area contributed by atoms with Crippen molar-refractivity contribution in [3.05, 3.63) is 56.2 Å². The Bertz CT molecular complexity index is 1060. The van der Waals surface area contributed by atoms with Crippen LogP contribution in [0.2, 0.25) is 10.3 Å². The standard InChI is InChI=1S/C14H18ClNO4.C10H12ClNO3.2H2S/c1-17-14(2-3-18-9-14)12-4-11(5-13(15)16-12)20-8-10-6-19-7-10;1-14-10(2-3-15-6-10)8-4-7(13)5-9(11)12-8;;/h4-5,10H,2-3,6-9H2,1H3;4-5H,2-3,6H2,1H3,(H,12,13);2*1H2/t14-;10-;;/m11../s1. The fourth-order valence-corrected chi connectivity index (χ4v) is 4.59. The zero-order valence-electron chi connectivity index (χ0n) is 20.8. The van der Waals surface area contributed by atoms with Gasteiger partial charge in [0.15, 0.2) is 5.43 Å². The van der Waals surface area contributed by atoms with Gasteiger partial charge in [0, 0.05) is 70.5 Å². The van der Waals surface area contributed by atoms with E-state index in [0.29, 0.717) is 55.0 Å². The lowest BCUT2D eigenvalue weighted by Gasteiger charge is -2.27. The third kappa shape index (κ3) is 7.77. The van der Waals surface area contributed by atoms with Crippen LogP contribution in [-0.2, 0) is 34.9 Å². The maximum absolute atomic E-state index is 11.3. The van der Waals surface area contributed by atoms with E-state index in [0.717, 1.165) is 37.5 Å². The number of nitrogens with one attached hydrogen (secondary N) is 1. The van der Waals surface area contributed by atoms with Gasteiger partial charge in [-0.2, -0.15) is 27.0 Å². The maximum atomic E-state index is 11.3. The van der Waals surface area contributed by atoms with E-state index < -0.39 is 11.2 Å². The summed E-state index contributed by atoms with van der Waals surface area (Å²) in [5, 5.41) is 0.728. The molecule has 0 amide bonds. The van der Waals surface area contributed by atoms with Gasteiger partial charge in [0.2, 0.25) is 0 Å². The van der Waals surface area contributed by atoms with Crippen LogP contribution in [0.1, 0.15) is 24.2 Å². The van der Waals surface area contributed by atoms with Crippen molar-refractivity contribution in [1.82, 2.24) is 9.97 Å². The molecule has 0 aliphatic carbocycles. The first-order valence-corrected chi connectivity index (χ1v) is 12.2. The van der Waals surface area contributed by atoms with Gasteiger partial charge in [0.05, 0.1) is 44.4 Å². The number of nitrogens with zero attached hydrogens (tertiary/aromatic N) is 1. The van der Waals surface area contributed by atoms with Crippen molar-refractivity contribution in [2.24, 2.45) is 5.92 Å². The van der Waals surface area contributed by atoms with Gasteiger partial charge in [0.25, 0.3) is 0 Å². The summed E-state index contributed by atoms with van der Waals surface area (Å²) in [4.78, 5) is 18.6. The zero-order chi connectivity index (χ0) is 24.9. The Labute approximate surface area is 240 Å². The van der Waals surface area contributed by atoms with E-state index in [1.165, 1.54) is 12.1 Å². The molecule has 1 N–H and O–H groups in total. The van der Waals surface area contributed by atoms with Crippen LogP contribution in [-0.4, -0.2) is 70.4 Å². The lowest BCUT2D eigenvalue weighted by molar-refractivity contribution is -0.0510. The summed E-state index contributed by atoms with van der Waals surface area (Å²) in [6.45, 7) is 4.39. The molecule has 37 heavy (non-hydrogen) atoms. The molecule has 3 aliphatic rings. The van der Waals surface area contributed by atoms with Gasteiger partial charge in [-0.1, -0.05) is 23.2 Å². The van der Waals surface area contributed by atoms with Crippen molar-refractivity contribution in [2.45, 2.75) is 24.0 Å². The maximum Gasteiger partial charge on any atom is 0.183 e. The number of hydrogen-bond donors (Lipinski definition) is 1. The number of aromatic amines is 1. The summed E-state index contributed by atoms with van der Waals surface area (Å²) in [5.41, 5.74) is 0.258. The van der Waals surface area contributed by atoms with E-state index in [4.69, 9.17) is 51.6 Å². The fourth-order valence-electron chi connectivity index (χ4n) is 4.18. The Morgan fingerprint density at radius 1 is 0.973 bits per heavy atom. The molecule has 2 aromatic rings. The summed E-state index contributed by atoms with van der Waals surface area (Å²) in [5.74, 6) is 1.19. The highest BCUT2D eigenvalue weighted by Crippen LogP contribution is 2.35. The van der Waals surface area contributed by atoms with Crippen molar-refractivity contribution < 1.29 is 28.4 Å². The highest BCUT2D eigenvalue weighted by molar-refractivity contribution is 7.59. The minimum Gasteiger partial charge on any atom is -0.493 e. The predicted molar refractivity (Wildman–Crippen MR) is 150 cm³/mol. The SMILES string of the molecule is CO[C@]1(c2cc(=O)cc(Cl)[nH]2)CCOC1.CO[C@]1(c2cc(OCC3COC3)cc(Cl)n2)CCOC1.S.S. The number of hydrogen-bond acceptors (Lipinski definition) is 8. The summed E-state index contributed by atoms with van der Waals surface area (Å²) in [7, 11) is 3.28. The van der Waals surface area contributed by atoms with Crippen molar-refractivity contribution >= 4 is 50.2 Å². The Hall–Kier alpha value is -1.02. The fraction of sp³-hybridized carbons (Fsp3) is 0.583. The number of H-pyrrole nitrogens is 1. The highest BCUT2D eigenvalue weighted by Gasteiger charge is 2.39. The molecule has 0 aromatic carbocycles. The van der Waals surface area contributed by atoms with Gasteiger partial charge in [0.1, 0.15) is 27.3 Å². The van der Waals surface area contributed by atoms with Crippen molar-refractivity contribution in [3.63, 3.8) is 0 Å². The second-order valence-electron chi connectivity index (χ2n) is 8.80. The monoisotopic (exact) mass is 596 g/mol. The van der Waals surface area contributed by atoms with Crippen LogP contribution in [0.15, 0.2) is 29.1 Å². The van der Waals surface area contributed by atoms with Crippen LogP contribution in [0, 0.1) is 5.92 Å². The van der Waals surface area contributed by atoms with E-state index in [9.17, 15) is 4.79 Å². The molecule has 5 heterocycles. The molecule has 5 rings (SSSR count). The molecule has 2 atom stereocenters. The van der Waals surface area contributed by atoms with Crippen LogP contribution in [0.4, 0.5) is 0 Å². The molecule has 2 aromatic heterocycles. The van der Waals surface area contributed by atoms with E-state index in [1.54, 1.807) is 20.3 Å². The van der Waals surface area contributed by atoms with Gasteiger partial charge < -0.3 is 33.4 Å². The average molecular weight is 598 g/mol. The topological polar surface area (TPSA) is 101 Å². The van der Waals surface area contributed by atoms with Crippen LogP contribution < -0.4 is 10.2 Å². The molecule has 208 valence electrons. The average Bonchev–Trinajstić information content (AvgIpc) is 3.49. The Morgan fingerprint density at radius 3 is 2.14 bits per heavy atom. The third-order valence-electron chi connectivity index (χ3n) is 6.48. The van der Waals surface area contributed by atoms with Crippen molar-refractivity contribution in [2.75, 3.05) is 60.5 Å². The van der Waals surface area contributed by atoms with E-state index in [2.05, 4.69) is 9.97 Å². The van der Waals surface area contributed by atoms with Gasteiger partial charge in [-0.15, -0.1) is 0 Å². The van der Waals surface area contributed by atoms with E-state index >= 15 is 0 Å². The summed E-state index contributed by atoms with van der Waals surface area (Å²) in [6, 6.07) is 6.46. The first-order valence-electron chi connectivity index (χ1n) is 11.4. The number of rotatable bonds is 7. The van der Waals surface area contributed by atoms with E-state index in [-0.39, 0.29) is 32.4 Å². The van der Waals surface area contributed by atoms with Gasteiger partial charge in [-0.25, -0.2) is 4.98 Å². The quantitative estimate of drug-likeness (QED) is 0.484. The molecule has 3 aliphatic heterocycles. The second-order valence-corrected chi connectivity index (χ2v) is 9.60. The number of aromatic nitrogens is 2. The Morgan fingerprint density at radius 2 is 1.62 bits per heavy atom. The molecule has 13 heteroatoms. The second kappa shape index (κ2) is 14.4. The number of pyridine rings is 2. The molecular formula is C24H34Cl2N2O7S2. The molecule has 0 unspecified atom stereocenters. The minimum absolute atomic E-state index is 0. The molecular weight excluding hydrogens is 563 g/mol. The van der Waals surface area contributed by atoms with Crippen LogP contribution in [0.5, 0.6) is 5.75 Å². The Kier molecular flexibility index (Phi) is 12.5. The zero-order valence-corrected chi connectivity index (χ0v) is 24.3. The minimum atomic E-state index is -0.552. The van der Waals surface area contributed by atoms with Crippen LogP contribution in [0.3, 0.4) is 0 Å². The predicted octanol–water partition coefficient (Wildman–Crippen LogP) is 3.54. The summed E-state index contributed by atoms with van der Waals surface area (Å²) >= 11 is 11.9. The smallest absolute Gasteiger partial charge is 0.183 e. The van der Waals surface area contributed by atoms with Crippen molar-refractivity contribution in [3.8, 4) is 5.75 Å². The molecule has 0 radical (unpaired) electrons. The first-order chi connectivity index (χ1) is 16.9. The van der Waals surface area contributed by atoms with Crippen molar-refractivity contribution in [1.29, 1.82) is 0 Å². The van der Waals surface area contributed by atoms with E-state index in [1.807, 2.05) is 6.07 Å². The molecule has 0 saturated carbocycles. The first kappa shape index (κ1) is 32.2. The number of ether oxygens (including phenoxy) is 6. The molecule has 0 spiro atoms. The molecule has 3 saturated heterocycles. The Balaban J connectivity index is 0.000000256. The number of halogens is 2.